The molecule has 0 amide bonds. The maximum Gasteiger partial charge on any atom is 0.276 e. The van der Waals surface area contributed by atoms with Gasteiger partial charge in [-0.25, -0.2) is 9.44 Å². The van der Waals surface area contributed by atoms with Gasteiger partial charge in [0.25, 0.3) is 10.2 Å². The van der Waals surface area contributed by atoms with Gasteiger partial charge < -0.3 is 0 Å². The molecule has 0 spiro atoms. The van der Waals surface area contributed by atoms with Gasteiger partial charge in [0.05, 0.1) is 0 Å². The van der Waals surface area contributed by atoms with Crippen molar-refractivity contribution >= 4 is 10.2 Å². The molecule has 0 atom stereocenters. The average molecular weight is 164 g/mol. The standard InChI is InChI=1S/C5H12N2O2S/c1-2-5-3-6-10(8,9)7-4-5/h5-7H,2-4H2,1H3. The summed E-state index contributed by atoms with van der Waals surface area (Å²) in [6.45, 7) is 3.20. The summed E-state index contributed by atoms with van der Waals surface area (Å²) in [4.78, 5) is 0. The van der Waals surface area contributed by atoms with Crippen LogP contribution in [0.3, 0.4) is 0 Å². The Balaban J connectivity index is 2.46. The summed E-state index contributed by atoms with van der Waals surface area (Å²) < 4.78 is 26.2. The molecule has 0 aromatic rings. The van der Waals surface area contributed by atoms with Gasteiger partial charge in [-0.2, -0.15) is 8.42 Å². The van der Waals surface area contributed by atoms with Gasteiger partial charge in [0.2, 0.25) is 0 Å². The van der Waals surface area contributed by atoms with Crippen LogP contribution in [0.25, 0.3) is 0 Å². The third-order valence-electron chi connectivity index (χ3n) is 1.70. The zero-order chi connectivity index (χ0) is 7.61. The molecule has 2 N–H and O–H groups in total. The first kappa shape index (κ1) is 7.97. The molecule has 60 valence electrons. The fourth-order valence-electron chi connectivity index (χ4n) is 0.867. The molecule has 1 saturated heterocycles. The molecule has 0 aromatic carbocycles. The molecule has 1 aliphatic heterocycles. The van der Waals surface area contributed by atoms with Crippen LogP contribution in [-0.2, 0) is 10.2 Å². The lowest BCUT2D eigenvalue weighted by Gasteiger charge is -2.21. The minimum atomic E-state index is -3.13. The first-order valence-corrected chi connectivity index (χ1v) is 4.86. The summed E-state index contributed by atoms with van der Waals surface area (Å²) in [5.41, 5.74) is 0. The molecule has 4 nitrogen and oxygen atoms in total. The zero-order valence-electron chi connectivity index (χ0n) is 5.92. The van der Waals surface area contributed by atoms with Crippen molar-refractivity contribution in [2.75, 3.05) is 13.1 Å². The number of hydrogen-bond acceptors (Lipinski definition) is 2. The number of hydrogen-bond donors (Lipinski definition) is 2. The van der Waals surface area contributed by atoms with Crippen LogP contribution < -0.4 is 9.44 Å². The Bertz CT molecular complexity index is 186. The first-order chi connectivity index (χ1) is 4.64. The van der Waals surface area contributed by atoms with Crippen LogP contribution in [0.4, 0.5) is 0 Å². The normalized spacial score (nSPS) is 26.5. The van der Waals surface area contributed by atoms with Crippen LogP contribution >= 0.6 is 0 Å². The lowest BCUT2D eigenvalue weighted by atomic mass is 10.1. The second kappa shape index (κ2) is 2.86. The van der Waals surface area contributed by atoms with Crippen molar-refractivity contribution in [3.05, 3.63) is 0 Å². The maximum absolute atomic E-state index is 10.7. The molecule has 0 bridgehead atoms. The summed E-state index contributed by atoms with van der Waals surface area (Å²) >= 11 is 0. The first-order valence-electron chi connectivity index (χ1n) is 3.38. The summed E-state index contributed by atoms with van der Waals surface area (Å²) in [5.74, 6) is 0.448. The molecule has 0 saturated carbocycles. The third-order valence-corrected chi connectivity index (χ3v) is 2.79. The van der Waals surface area contributed by atoms with Gasteiger partial charge in [-0.15, -0.1) is 0 Å². The number of rotatable bonds is 1. The van der Waals surface area contributed by atoms with E-state index in [4.69, 9.17) is 0 Å². The van der Waals surface area contributed by atoms with Crippen molar-refractivity contribution in [1.82, 2.24) is 9.44 Å². The molecule has 1 fully saturated rings. The molecular formula is C5H12N2O2S. The monoisotopic (exact) mass is 164 g/mol. The van der Waals surface area contributed by atoms with Gasteiger partial charge in [0.15, 0.2) is 0 Å². The van der Waals surface area contributed by atoms with Gasteiger partial charge >= 0.3 is 0 Å². The van der Waals surface area contributed by atoms with Crippen molar-refractivity contribution < 1.29 is 8.42 Å². The third kappa shape index (κ3) is 1.93. The van der Waals surface area contributed by atoms with E-state index in [0.29, 0.717) is 19.0 Å². The topological polar surface area (TPSA) is 58.2 Å². The molecule has 5 heteroatoms. The van der Waals surface area contributed by atoms with E-state index in [0.717, 1.165) is 6.42 Å². The van der Waals surface area contributed by atoms with E-state index in [1.54, 1.807) is 0 Å². The molecule has 1 heterocycles. The van der Waals surface area contributed by atoms with Gasteiger partial charge in [0.1, 0.15) is 0 Å². The van der Waals surface area contributed by atoms with E-state index in [2.05, 4.69) is 9.44 Å². The smallest absolute Gasteiger partial charge is 0.202 e. The van der Waals surface area contributed by atoms with E-state index in [1.807, 2.05) is 6.92 Å². The molecule has 0 aliphatic carbocycles. The van der Waals surface area contributed by atoms with Crippen LogP contribution in [0, 0.1) is 5.92 Å². The second-order valence-electron chi connectivity index (χ2n) is 2.47. The van der Waals surface area contributed by atoms with Crippen LogP contribution in [0.5, 0.6) is 0 Å². The van der Waals surface area contributed by atoms with E-state index < -0.39 is 10.2 Å². The molecule has 0 radical (unpaired) electrons. The SMILES string of the molecule is CCC1CNS(=O)(=O)NC1. The lowest BCUT2D eigenvalue weighted by molar-refractivity contribution is 0.448. The quantitative estimate of drug-likeness (QED) is 0.546. The van der Waals surface area contributed by atoms with Crippen molar-refractivity contribution in [1.29, 1.82) is 0 Å². The molecule has 1 aliphatic rings. The van der Waals surface area contributed by atoms with E-state index in [-0.39, 0.29) is 0 Å². The highest BCUT2D eigenvalue weighted by atomic mass is 32.2. The Hall–Kier alpha value is -0.130. The Morgan fingerprint density at radius 1 is 1.40 bits per heavy atom. The average Bonchev–Trinajstić information content (AvgIpc) is 1.88. The second-order valence-corrected chi connectivity index (χ2v) is 4.06. The van der Waals surface area contributed by atoms with Crippen molar-refractivity contribution in [2.24, 2.45) is 5.92 Å². The minimum absolute atomic E-state index is 0.448. The molecule has 0 aromatic heterocycles. The van der Waals surface area contributed by atoms with Crippen molar-refractivity contribution in [2.45, 2.75) is 13.3 Å². The van der Waals surface area contributed by atoms with Crippen molar-refractivity contribution in [3.63, 3.8) is 0 Å². The highest BCUT2D eigenvalue weighted by Crippen LogP contribution is 2.03. The van der Waals surface area contributed by atoms with Crippen molar-refractivity contribution in [3.8, 4) is 0 Å². The predicted octanol–water partition coefficient (Wildman–Crippen LogP) is -0.550. The van der Waals surface area contributed by atoms with Crippen LogP contribution in [0.2, 0.25) is 0 Å². The fourth-order valence-corrected chi connectivity index (χ4v) is 1.88. The fraction of sp³-hybridized carbons (Fsp3) is 1.00. The predicted molar refractivity (Wildman–Crippen MR) is 38.7 cm³/mol. The van der Waals surface area contributed by atoms with Gasteiger partial charge in [-0.3, -0.25) is 0 Å². The largest absolute Gasteiger partial charge is 0.276 e. The Labute approximate surface area is 61.2 Å². The Morgan fingerprint density at radius 3 is 2.30 bits per heavy atom. The molecule has 1 rings (SSSR count). The zero-order valence-corrected chi connectivity index (χ0v) is 6.74. The highest BCUT2D eigenvalue weighted by Gasteiger charge is 2.19. The molecule has 10 heavy (non-hydrogen) atoms. The lowest BCUT2D eigenvalue weighted by Crippen LogP contribution is -2.48. The van der Waals surface area contributed by atoms with E-state index in [1.165, 1.54) is 0 Å². The van der Waals surface area contributed by atoms with Crippen LogP contribution in [-0.4, -0.2) is 21.5 Å². The van der Waals surface area contributed by atoms with E-state index in [9.17, 15) is 8.42 Å². The Kier molecular flexibility index (Phi) is 2.28. The number of nitrogens with one attached hydrogen (secondary N) is 2. The highest BCUT2D eigenvalue weighted by molar-refractivity contribution is 7.87. The summed E-state index contributed by atoms with van der Waals surface area (Å²) in [7, 11) is -3.13. The summed E-state index contributed by atoms with van der Waals surface area (Å²) in [5, 5.41) is 0. The van der Waals surface area contributed by atoms with Gasteiger partial charge in [0, 0.05) is 13.1 Å². The summed E-state index contributed by atoms with van der Waals surface area (Å²) in [6.07, 6.45) is 1.01. The Morgan fingerprint density at radius 2 is 1.90 bits per heavy atom. The van der Waals surface area contributed by atoms with Crippen LogP contribution in [0.15, 0.2) is 0 Å². The molecule has 0 unspecified atom stereocenters. The van der Waals surface area contributed by atoms with Gasteiger partial charge in [-0.1, -0.05) is 13.3 Å². The minimum Gasteiger partial charge on any atom is -0.202 e. The van der Waals surface area contributed by atoms with E-state index >= 15 is 0 Å². The van der Waals surface area contributed by atoms with Gasteiger partial charge in [-0.05, 0) is 5.92 Å². The maximum atomic E-state index is 10.7. The van der Waals surface area contributed by atoms with Crippen LogP contribution in [0.1, 0.15) is 13.3 Å². The molecular weight excluding hydrogens is 152 g/mol. The summed E-state index contributed by atoms with van der Waals surface area (Å²) in [6, 6.07) is 0.